The van der Waals surface area contributed by atoms with Crippen LogP contribution in [0.25, 0.3) is 0 Å². The Balaban J connectivity index is 1.88. The molecule has 0 spiro atoms. The van der Waals surface area contributed by atoms with Gasteiger partial charge in [-0.05, 0) is 73.9 Å². The van der Waals surface area contributed by atoms with Crippen LogP contribution in [-0.4, -0.2) is 43.8 Å². The number of hydrogen-bond acceptors (Lipinski definition) is 4. The SMILES string of the molecule is CCC(C)NC(=O)C(Cc1ccccc1)N(Cc1ccc(Cl)c(Cl)c1)C(=O)CN(c1ccc(Cl)c(C(F)(F)F)c1)S(=O)(=O)c1ccc(C)cc1. The van der Waals surface area contributed by atoms with E-state index < -0.39 is 56.9 Å². The molecule has 14 heteroatoms. The number of anilines is 1. The van der Waals surface area contributed by atoms with Crippen LogP contribution >= 0.6 is 34.8 Å². The van der Waals surface area contributed by atoms with Crippen LogP contribution in [0.15, 0.2) is 95.9 Å². The van der Waals surface area contributed by atoms with Crippen LogP contribution in [0.3, 0.4) is 0 Å². The van der Waals surface area contributed by atoms with E-state index in [1.54, 1.807) is 50.2 Å². The average Bonchev–Trinajstić information content (AvgIpc) is 3.07. The predicted octanol–water partition coefficient (Wildman–Crippen LogP) is 8.72. The summed E-state index contributed by atoms with van der Waals surface area (Å²) in [6.45, 7) is 4.25. The van der Waals surface area contributed by atoms with Crippen molar-refractivity contribution in [2.24, 2.45) is 0 Å². The predicted molar refractivity (Wildman–Crippen MR) is 191 cm³/mol. The fourth-order valence-corrected chi connectivity index (χ4v) is 7.03. The van der Waals surface area contributed by atoms with Crippen LogP contribution in [0, 0.1) is 6.92 Å². The van der Waals surface area contributed by atoms with Gasteiger partial charge in [-0.1, -0.05) is 95.8 Å². The Morgan fingerprint density at radius 2 is 1.48 bits per heavy atom. The van der Waals surface area contributed by atoms with Crippen LogP contribution in [0.5, 0.6) is 0 Å². The maximum atomic E-state index is 14.6. The molecule has 0 bridgehead atoms. The second-order valence-electron chi connectivity index (χ2n) is 11.8. The number of carbonyl (C=O) groups is 2. The molecule has 0 fully saturated rings. The molecule has 2 amide bonds. The van der Waals surface area contributed by atoms with Gasteiger partial charge in [0, 0.05) is 19.0 Å². The van der Waals surface area contributed by atoms with E-state index in [2.05, 4.69) is 5.32 Å². The summed E-state index contributed by atoms with van der Waals surface area (Å²) in [6.07, 6.45) is -4.30. The zero-order valence-corrected chi connectivity index (χ0v) is 30.4. The fraction of sp³-hybridized carbons (Fsp3) is 0.278. The zero-order valence-electron chi connectivity index (χ0n) is 27.3. The lowest BCUT2D eigenvalue weighted by molar-refractivity contribution is -0.140. The number of benzene rings is 4. The number of aryl methyl sites for hydroxylation is 1. The lowest BCUT2D eigenvalue weighted by Gasteiger charge is -2.34. The van der Waals surface area contributed by atoms with Gasteiger partial charge < -0.3 is 10.2 Å². The van der Waals surface area contributed by atoms with Crippen LogP contribution in [-0.2, 0) is 38.8 Å². The van der Waals surface area contributed by atoms with Gasteiger partial charge in [0.25, 0.3) is 10.0 Å². The summed E-state index contributed by atoms with van der Waals surface area (Å²) in [7, 11) is -4.65. The number of halogens is 6. The fourth-order valence-electron chi connectivity index (χ4n) is 5.08. The Kier molecular flexibility index (Phi) is 12.9. The van der Waals surface area contributed by atoms with Crippen LogP contribution in [0.1, 0.15) is 42.5 Å². The summed E-state index contributed by atoms with van der Waals surface area (Å²) in [5.74, 6) is -1.37. The molecule has 2 atom stereocenters. The third-order valence-corrected chi connectivity index (χ3v) is 10.9. The smallest absolute Gasteiger partial charge is 0.352 e. The van der Waals surface area contributed by atoms with E-state index in [9.17, 15) is 31.2 Å². The molecule has 0 heterocycles. The Morgan fingerprint density at radius 1 is 0.840 bits per heavy atom. The molecule has 1 N–H and O–H groups in total. The summed E-state index contributed by atoms with van der Waals surface area (Å²) in [5.41, 5.74) is 0.187. The normalized spacial score (nSPS) is 13.0. The van der Waals surface area contributed by atoms with Crippen LogP contribution in [0.2, 0.25) is 15.1 Å². The standard InChI is InChI=1S/C36H35Cl3F3N3O4S/c1-4-24(3)43-35(47)33(19-25-8-6-5-7-9-25)44(21-26-12-16-31(38)32(39)18-26)34(46)22-45(50(48,49)28-14-10-23(2)11-15-28)27-13-17-30(37)29(20-27)36(40,41)42/h5-18,20,24,33H,4,19,21-22H2,1-3H3,(H,43,47). The van der Waals surface area contributed by atoms with E-state index in [0.717, 1.165) is 17.7 Å². The number of sulfonamides is 1. The molecule has 0 saturated heterocycles. The molecule has 7 nitrogen and oxygen atoms in total. The summed E-state index contributed by atoms with van der Waals surface area (Å²) >= 11 is 18.3. The highest BCUT2D eigenvalue weighted by Gasteiger charge is 2.38. The highest BCUT2D eigenvalue weighted by molar-refractivity contribution is 7.92. The highest BCUT2D eigenvalue weighted by atomic mass is 35.5. The van der Waals surface area contributed by atoms with Crippen LogP contribution < -0.4 is 9.62 Å². The van der Waals surface area contributed by atoms with Crippen molar-refractivity contribution >= 4 is 62.3 Å². The molecule has 4 aromatic carbocycles. The van der Waals surface area contributed by atoms with Gasteiger partial charge >= 0.3 is 6.18 Å². The summed E-state index contributed by atoms with van der Waals surface area (Å²) < 4.78 is 71.0. The molecule has 4 aromatic rings. The summed E-state index contributed by atoms with van der Waals surface area (Å²) in [5, 5.41) is 2.71. The molecular weight excluding hydrogens is 734 g/mol. The van der Waals surface area contributed by atoms with Crippen molar-refractivity contribution in [2.75, 3.05) is 10.8 Å². The second-order valence-corrected chi connectivity index (χ2v) is 14.9. The van der Waals surface area contributed by atoms with E-state index in [1.807, 2.05) is 6.92 Å². The van der Waals surface area contributed by atoms with Gasteiger partial charge in [-0.2, -0.15) is 13.2 Å². The largest absolute Gasteiger partial charge is 0.417 e. The van der Waals surface area contributed by atoms with E-state index >= 15 is 0 Å². The molecule has 50 heavy (non-hydrogen) atoms. The maximum Gasteiger partial charge on any atom is 0.417 e. The Bertz CT molecular complexity index is 1930. The first-order chi connectivity index (χ1) is 23.5. The van der Waals surface area contributed by atoms with Crippen molar-refractivity contribution in [1.82, 2.24) is 10.2 Å². The van der Waals surface area contributed by atoms with Crippen molar-refractivity contribution in [1.29, 1.82) is 0 Å². The minimum absolute atomic E-state index is 0.0417. The Morgan fingerprint density at radius 3 is 2.08 bits per heavy atom. The number of alkyl halides is 3. The molecule has 4 rings (SSSR count). The van der Waals surface area contributed by atoms with Crippen LogP contribution in [0.4, 0.5) is 18.9 Å². The first-order valence-electron chi connectivity index (χ1n) is 15.5. The monoisotopic (exact) mass is 767 g/mol. The number of amides is 2. The minimum atomic E-state index is -4.93. The van der Waals surface area contributed by atoms with Crippen molar-refractivity contribution in [2.45, 2.75) is 63.3 Å². The molecule has 266 valence electrons. The van der Waals surface area contributed by atoms with E-state index in [-0.39, 0.29) is 33.9 Å². The van der Waals surface area contributed by atoms with Crippen molar-refractivity contribution in [3.63, 3.8) is 0 Å². The number of carbonyl (C=O) groups excluding carboxylic acids is 2. The van der Waals surface area contributed by atoms with E-state index in [4.69, 9.17) is 34.8 Å². The lowest BCUT2D eigenvalue weighted by Crippen LogP contribution is -2.54. The number of nitrogens with zero attached hydrogens (tertiary/aromatic N) is 2. The number of rotatable bonds is 13. The van der Waals surface area contributed by atoms with Crippen molar-refractivity contribution in [3.05, 3.63) is 128 Å². The molecule has 0 aromatic heterocycles. The van der Waals surface area contributed by atoms with Gasteiger partial charge in [-0.15, -0.1) is 0 Å². The van der Waals surface area contributed by atoms with Crippen molar-refractivity contribution < 1.29 is 31.2 Å². The second kappa shape index (κ2) is 16.5. The highest BCUT2D eigenvalue weighted by Crippen LogP contribution is 2.38. The molecule has 0 aliphatic rings. The average molecular weight is 769 g/mol. The number of nitrogens with one attached hydrogen (secondary N) is 1. The molecule has 0 aliphatic heterocycles. The Labute approximate surface area is 305 Å². The van der Waals surface area contributed by atoms with E-state index in [0.29, 0.717) is 27.9 Å². The van der Waals surface area contributed by atoms with Gasteiger partial charge in [0.1, 0.15) is 12.6 Å². The van der Waals surface area contributed by atoms with Gasteiger partial charge in [0.2, 0.25) is 11.8 Å². The number of hydrogen-bond donors (Lipinski definition) is 1. The molecule has 0 saturated carbocycles. The molecule has 0 aliphatic carbocycles. The van der Waals surface area contributed by atoms with Gasteiger partial charge in [0.05, 0.1) is 31.2 Å². The van der Waals surface area contributed by atoms with Crippen molar-refractivity contribution in [3.8, 4) is 0 Å². The van der Waals surface area contributed by atoms with Gasteiger partial charge in [-0.25, -0.2) is 8.42 Å². The first kappa shape index (κ1) is 39.0. The van der Waals surface area contributed by atoms with Gasteiger partial charge in [-0.3, -0.25) is 13.9 Å². The molecular formula is C36H35Cl3F3N3O4S. The quantitative estimate of drug-likeness (QED) is 0.148. The summed E-state index contributed by atoms with van der Waals surface area (Å²) in [6, 6.07) is 20.4. The molecule has 2 unspecified atom stereocenters. The first-order valence-corrected chi connectivity index (χ1v) is 18.1. The summed E-state index contributed by atoms with van der Waals surface area (Å²) in [4.78, 5) is 29.5. The minimum Gasteiger partial charge on any atom is -0.352 e. The van der Waals surface area contributed by atoms with Gasteiger partial charge in [0.15, 0.2) is 0 Å². The zero-order chi connectivity index (χ0) is 36.8. The Hall–Kier alpha value is -3.77. The third-order valence-electron chi connectivity index (χ3n) is 8.04. The topological polar surface area (TPSA) is 86.8 Å². The molecule has 0 radical (unpaired) electrons. The maximum absolute atomic E-state index is 14.6. The third kappa shape index (κ3) is 9.72. The lowest BCUT2D eigenvalue weighted by atomic mass is 10.0. The van der Waals surface area contributed by atoms with E-state index in [1.165, 1.54) is 41.3 Å².